The summed E-state index contributed by atoms with van der Waals surface area (Å²) in [6.45, 7) is 0. The zero-order chi connectivity index (χ0) is 16.3. The van der Waals surface area contributed by atoms with E-state index in [2.05, 4.69) is 4.84 Å². The Labute approximate surface area is 125 Å². The van der Waals surface area contributed by atoms with Crippen LogP contribution in [0, 0.1) is 5.41 Å². The first-order chi connectivity index (χ1) is 10.4. The molecule has 1 unspecified atom stereocenters. The van der Waals surface area contributed by atoms with Gasteiger partial charge in [0, 0.05) is 25.7 Å². The summed E-state index contributed by atoms with van der Waals surface area (Å²) in [6, 6.07) is 0. The zero-order valence-corrected chi connectivity index (χ0v) is 11.6. The molecule has 120 valence electrons. The van der Waals surface area contributed by atoms with Gasteiger partial charge >= 0.3 is 11.9 Å². The molecule has 2 aliphatic heterocycles. The molecule has 1 atom stereocenters. The van der Waals surface area contributed by atoms with Crippen LogP contribution in [0.1, 0.15) is 38.5 Å². The molecule has 10 heteroatoms. The first kappa shape index (κ1) is 15.9. The minimum atomic E-state index is -1.07. The normalized spacial score (nSPS) is 21.5. The summed E-state index contributed by atoms with van der Waals surface area (Å²) in [6.07, 6.45) is -1.28. The van der Waals surface area contributed by atoms with E-state index in [-0.39, 0.29) is 37.9 Å². The average molecular weight is 313 g/mol. The SMILES string of the molecule is N=C1CCC(O)N1OC(=O)CCC(=O)ON1C(=O)CCC1=O. The standard InChI is InChI=1S/C12H15N3O7/c13-7-1-2-8(16)14(7)21-11(19)5-6-12(20)22-15-9(17)3-4-10(15)18/h8,13,16H,1-6H2. The molecular formula is C12H15N3O7. The summed E-state index contributed by atoms with van der Waals surface area (Å²) >= 11 is 0. The van der Waals surface area contributed by atoms with E-state index in [1.165, 1.54) is 0 Å². The Morgan fingerprint density at radius 2 is 1.64 bits per heavy atom. The summed E-state index contributed by atoms with van der Waals surface area (Å²) in [7, 11) is 0. The third-order valence-corrected chi connectivity index (χ3v) is 3.11. The second kappa shape index (κ2) is 6.52. The van der Waals surface area contributed by atoms with Crippen LogP contribution in [0.2, 0.25) is 0 Å². The van der Waals surface area contributed by atoms with Crippen molar-refractivity contribution in [1.29, 1.82) is 5.41 Å². The largest absolute Gasteiger partial charge is 0.370 e. The molecule has 0 aromatic rings. The van der Waals surface area contributed by atoms with Gasteiger partial charge in [-0.15, -0.1) is 5.06 Å². The Morgan fingerprint density at radius 3 is 2.14 bits per heavy atom. The lowest BCUT2D eigenvalue weighted by Gasteiger charge is -2.20. The van der Waals surface area contributed by atoms with E-state index >= 15 is 0 Å². The van der Waals surface area contributed by atoms with Crippen LogP contribution in [0.5, 0.6) is 0 Å². The molecule has 10 nitrogen and oxygen atoms in total. The van der Waals surface area contributed by atoms with Crippen LogP contribution in [0.15, 0.2) is 0 Å². The van der Waals surface area contributed by atoms with Crippen molar-refractivity contribution in [3.63, 3.8) is 0 Å². The molecule has 0 aromatic heterocycles. The summed E-state index contributed by atoms with van der Waals surface area (Å²) in [5.41, 5.74) is 0. The fourth-order valence-corrected chi connectivity index (χ4v) is 1.95. The number of hydroxylamine groups is 4. The minimum Gasteiger partial charge on any atom is -0.370 e. The fraction of sp³-hybridized carbons (Fsp3) is 0.583. The number of amidine groups is 1. The van der Waals surface area contributed by atoms with Crippen molar-refractivity contribution in [3.8, 4) is 0 Å². The van der Waals surface area contributed by atoms with Gasteiger partial charge in [-0.2, -0.15) is 5.06 Å². The molecule has 2 fully saturated rings. The van der Waals surface area contributed by atoms with Gasteiger partial charge in [0.25, 0.3) is 11.8 Å². The average Bonchev–Trinajstić information content (AvgIpc) is 2.95. The van der Waals surface area contributed by atoms with Crippen molar-refractivity contribution in [2.45, 2.75) is 44.8 Å². The first-order valence-electron chi connectivity index (χ1n) is 6.70. The molecule has 0 spiro atoms. The summed E-state index contributed by atoms with van der Waals surface area (Å²) in [5.74, 6) is -2.99. The van der Waals surface area contributed by atoms with E-state index in [0.29, 0.717) is 5.06 Å². The van der Waals surface area contributed by atoms with Gasteiger partial charge in [0.2, 0.25) is 0 Å². The molecule has 0 aliphatic carbocycles. The second-order valence-electron chi connectivity index (χ2n) is 4.80. The van der Waals surface area contributed by atoms with Crippen molar-refractivity contribution in [2.24, 2.45) is 0 Å². The number of aliphatic hydroxyl groups is 1. The maximum absolute atomic E-state index is 11.5. The molecule has 2 aliphatic rings. The molecule has 22 heavy (non-hydrogen) atoms. The predicted octanol–water partition coefficient (Wildman–Crippen LogP) is -0.777. The fourth-order valence-electron chi connectivity index (χ4n) is 1.95. The Kier molecular flexibility index (Phi) is 4.71. The number of hydrogen-bond donors (Lipinski definition) is 2. The number of nitrogens with zero attached hydrogens (tertiary/aromatic N) is 2. The lowest BCUT2D eigenvalue weighted by Crippen LogP contribution is -2.35. The van der Waals surface area contributed by atoms with Crippen molar-refractivity contribution in [2.75, 3.05) is 0 Å². The Balaban J connectivity index is 1.74. The highest BCUT2D eigenvalue weighted by molar-refractivity contribution is 6.01. The van der Waals surface area contributed by atoms with Crippen LogP contribution in [0.4, 0.5) is 0 Å². The quantitative estimate of drug-likeness (QED) is 0.631. The molecule has 0 bridgehead atoms. The lowest BCUT2D eigenvalue weighted by molar-refractivity contribution is -0.202. The van der Waals surface area contributed by atoms with Crippen molar-refractivity contribution in [1.82, 2.24) is 10.1 Å². The molecule has 2 rings (SSSR count). The van der Waals surface area contributed by atoms with Crippen LogP contribution in [-0.2, 0) is 28.9 Å². The highest BCUT2D eigenvalue weighted by Gasteiger charge is 2.33. The molecule has 0 aromatic carbocycles. The Hall–Kier alpha value is -2.49. The van der Waals surface area contributed by atoms with Gasteiger partial charge in [0.05, 0.1) is 12.8 Å². The van der Waals surface area contributed by atoms with Crippen molar-refractivity contribution < 1.29 is 34.0 Å². The molecule has 2 heterocycles. The topological polar surface area (TPSA) is 137 Å². The van der Waals surface area contributed by atoms with E-state index in [1.54, 1.807) is 0 Å². The maximum atomic E-state index is 11.5. The monoisotopic (exact) mass is 313 g/mol. The number of rotatable bonds is 5. The molecule has 2 N–H and O–H groups in total. The second-order valence-corrected chi connectivity index (χ2v) is 4.80. The van der Waals surface area contributed by atoms with Gasteiger partial charge in [-0.05, 0) is 0 Å². The zero-order valence-electron chi connectivity index (χ0n) is 11.6. The number of carbonyl (C=O) groups excluding carboxylic acids is 4. The first-order valence-corrected chi connectivity index (χ1v) is 6.70. The van der Waals surface area contributed by atoms with Gasteiger partial charge in [-0.25, -0.2) is 9.59 Å². The van der Waals surface area contributed by atoms with Gasteiger partial charge in [-0.1, -0.05) is 0 Å². The van der Waals surface area contributed by atoms with Gasteiger partial charge in [-0.3, -0.25) is 15.0 Å². The third kappa shape index (κ3) is 3.58. The molecular weight excluding hydrogens is 298 g/mol. The third-order valence-electron chi connectivity index (χ3n) is 3.11. The summed E-state index contributed by atoms with van der Waals surface area (Å²) in [4.78, 5) is 54.8. The highest BCUT2D eigenvalue weighted by atomic mass is 16.7. The Bertz CT molecular complexity index is 517. The number of carbonyl (C=O) groups is 4. The van der Waals surface area contributed by atoms with E-state index in [9.17, 15) is 24.3 Å². The number of amides is 2. The van der Waals surface area contributed by atoms with Crippen LogP contribution < -0.4 is 0 Å². The van der Waals surface area contributed by atoms with Crippen LogP contribution >= 0.6 is 0 Å². The summed E-state index contributed by atoms with van der Waals surface area (Å²) in [5, 5.41) is 18.1. The molecule has 2 saturated heterocycles. The van der Waals surface area contributed by atoms with Crippen LogP contribution in [0.3, 0.4) is 0 Å². The molecule has 0 saturated carbocycles. The number of hydrogen-bond acceptors (Lipinski definition) is 8. The van der Waals surface area contributed by atoms with E-state index in [0.717, 1.165) is 5.06 Å². The van der Waals surface area contributed by atoms with Gasteiger partial charge in [0.15, 0.2) is 6.23 Å². The minimum absolute atomic E-state index is 0.0108. The number of aliphatic hydroxyl groups excluding tert-OH is 1. The van der Waals surface area contributed by atoms with Crippen LogP contribution in [0.25, 0.3) is 0 Å². The van der Waals surface area contributed by atoms with E-state index < -0.39 is 36.4 Å². The lowest BCUT2D eigenvalue weighted by atomic mass is 10.3. The van der Waals surface area contributed by atoms with E-state index in [4.69, 9.17) is 10.2 Å². The van der Waals surface area contributed by atoms with E-state index in [1.807, 2.05) is 0 Å². The predicted molar refractivity (Wildman–Crippen MR) is 67.3 cm³/mol. The number of nitrogens with one attached hydrogen (secondary N) is 1. The van der Waals surface area contributed by atoms with Crippen molar-refractivity contribution >= 4 is 29.6 Å². The molecule has 2 amide bonds. The van der Waals surface area contributed by atoms with Gasteiger partial charge in [0.1, 0.15) is 5.84 Å². The molecule has 0 radical (unpaired) electrons. The van der Waals surface area contributed by atoms with Gasteiger partial charge < -0.3 is 14.8 Å². The highest BCUT2D eigenvalue weighted by Crippen LogP contribution is 2.18. The van der Waals surface area contributed by atoms with Crippen molar-refractivity contribution in [3.05, 3.63) is 0 Å². The Morgan fingerprint density at radius 1 is 1.09 bits per heavy atom. The summed E-state index contributed by atoms with van der Waals surface area (Å²) < 4.78 is 0. The number of imide groups is 1. The maximum Gasteiger partial charge on any atom is 0.333 e. The van der Waals surface area contributed by atoms with Crippen LogP contribution in [-0.4, -0.2) is 51.0 Å². The smallest absolute Gasteiger partial charge is 0.333 e.